The Labute approximate surface area is 138 Å². The fraction of sp³-hybridized carbons (Fsp3) is 0.875. The number of carbonyl (C=O) groups is 2. The quantitative estimate of drug-likeness (QED) is 0.579. The van der Waals surface area contributed by atoms with E-state index in [1.54, 1.807) is 6.92 Å². The Morgan fingerprint density at radius 3 is 2.30 bits per heavy atom. The third-order valence-corrected chi connectivity index (χ3v) is 4.40. The van der Waals surface area contributed by atoms with Gasteiger partial charge in [0.15, 0.2) is 0 Å². The van der Waals surface area contributed by atoms with E-state index in [1.807, 2.05) is 13.8 Å². The molecule has 0 heterocycles. The van der Waals surface area contributed by atoms with Crippen molar-refractivity contribution in [1.82, 2.24) is 5.32 Å². The van der Waals surface area contributed by atoms with E-state index < -0.39 is 30.1 Å². The molecule has 23 heavy (non-hydrogen) atoms. The zero-order valence-corrected chi connectivity index (χ0v) is 14.6. The van der Waals surface area contributed by atoms with Crippen LogP contribution < -0.4 is 16.8 Å². The maximum absolute atomic E-state index is 12.2. The van der Waals surface area contributed by atoms with Crippen molar-refractivity contribution in [1.29, 1.82) is 0 Å². The average molecular weight is 329 g/mol. The summed E-state index contributed by atoms with van der Waals surface area (Å²) in [5.74, 6) is -1.06. The minimum absolute atomic E-state index is 0.00968. The SMILES string of the molecule is CCOC(=O)[C@@H]1C[C@H](N)[C@@H](NC(C)=O)[C@H](OC(CC)CC)[C@@H]1N. The van der Waals surface area contributed by atoms with Crippen LogP contribution in [0.5, 0.6) is 0 Å². The standard InChI is InChI=1S/C16H31N3O4/c1-5-10(6-2)23-15-13(18)11(16(21)22-7-3)8-12(17)14(15)19-9(4)20/h10-15H,5-8,17-18H2,1-4H3,(H,19,20)/t11-,12+,13-,14-,15-/m1/s1. The highest BCUT2D eigenvalue weighted by Gasteiger charge is 2.47. The number of hydrogen-bond donors (Lipinski definition) is 3. The molecular formula is C16H31N3O4. The predicted octanol–water partition coefficient (Wildman–Crippen LogP) is 0.303. The van der Waals surface area contributed by atoms with Crippen molar-refractivity contribution in [3.63, 3.8) is 0 Å². The highest BCUT2D eigenvalue weighted by molar-refractivity contribution is 5.75. The van der Waals surface area contributed by atoms with E-state index in [4.69, 9.17) is 20.9 Å². The topological polar surface area (TPSA) is 117 Å². The summed E-state index contributed by atoms with van der Waals surface area (Å²) in [4.78, 5) is 23.7. The van der Waals surface area contributed by atoms with Crippen molar-refractivity contribution in [3.8, 4) is 0 Å². The van der Waals surface area contributed by atoms with Crippen LogP contribution in [0.2, 0.25) is 0 Å². The molecule has 0 aromatic heterocycles. The molecule has 0 unspecified atom stereocenters. The van der Waals surface area contributed by atoms with Crippen molar-refractivity contribution in [3.05, 3.63) is 0 Å². The van der Waals surface area contributed by atoms with Crippen LogP contribution in [0.15, 0.2) is 0 Å². The minimum atomic E-state index is -0.564. The lowest BCUT2D eigenvalue weighted by Crippen LogP contribution is -2.67. The van der Waals surface area contributed by atoms with Gasteiger partial charge in [0.25, 0.3) is 0 Å². The van der Waals surface area contributed by atoms with Crippen LogP contribution in [0.4, 0.5) is 0 Å². The predicted molar refractivity (Wildman–Crippen MR) is 87.5 cm³/mol. The molecule has 1 aliphatic rings. The average Bonchev–Trinajstić information content (AvgIpc) is 2.50. The molecule has 0 aliphatic heterocycles. The molecule has 0 aromatic rings. The minimum Gasteiger partial charge on any atom is -0.466 e. The smallest absolute Gasteiger partial charge is 0.310 e. The molecule has 0 saturated heterocycles. The lowest BCUT2D eigenvalue weighted by molar-refractivity contribution is -0.155. The molecule has 7 heteroatoms. The number of esters is 1. The summed E-state index contributed by atoms with van der Waals surface area (Å²) in [6.45, 7) is 7.54. The van der Waals surface area contributed by atoms with Crippen LogP contribution in [-0.2, 0) is 19.1 Å². The summed E-state index contributed by atoms with van der Waals surface area (Å²) >= 11 is 0. The summed E-state index contributed by atoms with van der Waals surface area (Å²) in [6, 6.07) is -1.38. The van der Waals surface area contributed by atoms with E-state index in [1.165, 1.54) is 6.92 Å². The number of amides is 1. The van der Waals surface area contributed by atoms with Crippen LogP contribution in [0, 0.1) is 5.92 Å². The van der Waals surface area contributed by atoms with Crippen LogP contribution in [0.25, 0.3) is 0 Å². The van der Waals surface area contributed by atoms with Crippen LogP contribution in [0.3, 0.4) is 0 Å². The highest BCUT2D eigenvalue weighted by atomic mass is 16.5. The first-order chi connectivity index (χ1) is 10.8. The zero-order chi connectivity index (χ0) is 17.6. The summed E-state index contributed by atoms with van der Waals surface area (Å²) in [6.07, 6.45) is 1.52. The maximum atomic E-state index is 12.2. The van der Waals surface area contributed by atoms with E-state index in [9.17, 15) is 9.59 Å². The molecule has 1 saturated carbocycles. The number of carbonyl (C=O) groups excluding carboxylic acids is 2. The molecule has 1 aliphatic carbocycles. The van der Waals surface area contributed by atoms with Gasteiger partial charge in [0.05, 0.1) is 30.8 Å². The molecular weight excluding hydrogens is 298 g/mol. The molecule has 5 N–H and O–H groups in total. The monoisotopic (exact) mass is 329 g/mol. The van der Waals surface area contributed by atoms with Gasteiger partial charge in [-0.15, -0.1) is 0 Å². The molecule has 134 valence electrons. The lowest BCUT2D eigenvalue weighted by Gasteiger charge is -2.44. The third-order valence-electron chi connectivity index (χ3n) is 4.40. The first kappa shape index (κ1) is 19.9. The van der Waals surface area contributed by atoms with Gasteiger partial charge in [0.1, 0.15) is 0 Å². The van der Waals surface area contributed by atoms with Gasteiger partial charge in [0, 0.05) is 19.0 Å². The molecule has 1 rings (SSSR count). The van der Waals surface area contributed by atoms with Gasteiger partial charge in [-0.05, 0) is 26.2 Å². The Morgan fingerprint density at radius 1 is 1.22 bits per heavy atom. The number of rotatable bonds is 7. The molecule has 0 radical (unpaired) electrons. The van der Waals surface area contributed by atoms with Gasteiger partial charge in [0.2, 0.25) is 5.91 Å². The maximum Gasteiger partial charge on any atom is 0.310 e. The summed E-state index contributed by atoms with van der Waals surface area (Å²) in [5, 5.41) is 2.84. The summed E-state index contributed by atoms with van der Waals surface area (Å²) in [7, 11) is 0. The Kier molecular flexibility index (Phi) is 7.94. The molecule has 0 bridgehead atoms. The molecule has 0 spiro atoms. The van der Waals surface area contributed by atoms with Crippen molar-refractivity contribution in [2.75, 3.05) is 6.61 Å². The number of nitrogens with two attached hydrogens (primary N) is 2. The molecule has 7 nitrogen and oxygen atoms in total. The van der Waals surface area contributed by atoms with Crippen molar-refractivity contribution in [2.45, 2.75) is 77.3 Å². The van der Waals surface area contributed by atoms with Crippen LogP contribution >= 0.6 is 0 Å². The van der Waals surface area contributed by atoms with E-state index in [0.29, 0.717) is 13.0 Å². The number of hydrogen-bond acceptors (Lipinski definition) is 6. The zero-order valence-electron chi connectivity index (χ0n) is 14.6. The van der Waals surface area contributed by atoms with E-state index in [2.05, 4.69) is 5.32 Å². The van der Waals surface area contributed by atoms with Crippen LogP contribution in [-0.4, -0.2) is 48.8 Å². The van der Waals surface area contributed by atoms with E-state index in [0.717, 1.165) is 12.8 Å². The Bertz CT molecular complexity index is 401. The Hall–Kier alpha value is -1.18. The molecule has 1 amide bonds. The third kappa shape index (κ3) is 5.16. The summed E-state index contributed by atoms with van der Waals surface area (Å²) < 4.78 is 11.2. The lowest BCUT2D eigenvalue weighted by atomic mass is 9.76. The fourth-order valence-electron chi connectivity index (χ4n) is 3.11. The van der Waals surface area contributed by atoms with E-state index in [-0.39, 0.29) is 18.0 Å². The van der Waals surface area contributed by atoms with Crippen LogP contribution in [0.1, 0.15) is 47.0 Å². The van der Waals surface area contributed by atoms with Crippen molar-refractivity contribution >= 4 is 11.9 Å². The Balaban J connectivity index is 3.00. The molecule has 0 aromatic carbocycles. The second-order valence-electron chi connectivity index (χ2n) is 6.10. The number of nitrogens with one attached hydrogen (secondary N) is 1. The fourth-order valence-corrected chi connectivity index (χ4v) is 3.11. The van der Waals surface area contributed by atoms with Gasteiger partial charge in [-0.1, -0.05) is 13.8 Å². The van der Waals surface area contributed by atoms with Gasteiger partial charge in [-0.3, -0.25) is 9.59 Å². The van der Waals surface area contributed by atoms with Gasteiger partial charge in [-0.2, -0.15) is 0 Å². The number of ether oxygens (including phenoxy) is 2. The Morgan fingerprint density at radius 2 is 1.83 bits per heavy atom. The molecule has 1 fully saturated rings. The van der Waals surface area contributed by atoms with E-state index >= 15 is 0 Å². The van der Waals surface area contributed by atoms with Crippen molar-refractivity contribution < 1.29 is 19.1 Å². The summed E-state index contributed by atoms with van der Waals surface area (Å²) in [5.41, 5.74) is 12.5. The normalized spacial score (nSPS) is 31.0. The highest BCUT2D eigenvalue weighted by Crippen LogP contribution is 2.28. The second kappa shape index (κ2) is 9.20. The first-order valence-corrected chi connectivity index (χ1v) is 8.45. The van der Waals surface area contributed by atoms with Crippen molar-refractivity contribution in [2.24, 2.45) is 17.4 Å². The van der Waals surface area contributed by atoms with Gasteiger partial charge < -0.3 is 26.3 Å². The largest absolute Gasteiger partial charge is 0.466 e. The van der Waals surface area contributed by atoms with Gasteiger partial charge in [-0.25, -0.2) is 0 Å². The second-order valence-corrected chi connectivity index (χ2v) is 6.10. The van der Waals surface area contributed by atoms with Gasteiger partial charge >= 0.3 is 5.97 Å². The molecule has 5 atom stereocenters. The first-order valence-electron chi connectivity index (χ1n) is 8.45.